The van der Waals surface area contributed by atoms with Gasteiger partial charge in [0.2, 0.25) is 0 Å². The van der Waals surface area contributed by atoms with Gasteiger partial charge in [0.15, 0.2) is 5.75 Å². The Morgan fingerprint density at radius 2 is 1.80 bits per heavy atom. The van der Waals surface area contributed by atoms with Gasteiger partial charge in [0.05, 0.1) is 28.7 Å². The minimum absolute atomic E-state index is 0.000485. The second kappa shape index (κ2) is 16.7. The van der Waals surface area contributed by atoms with Gasteiger partial charge in [0, 0.05) is 18.5 Å². The number of carbonyl (C=O) groups is 2. The first-order chi connectivity index (χ1) is 19.4. The van der Waals surface area contributed by atoms with Crippen molar-refractivity contribution in [2.24, 2.45) is 4.40 Å². The van der Waals surface area contributed by atoms with Crippen molar-refractivity contribution in [3.63, 3.8) is 0 Å². The predicted molar refractivity (Wildman–Crippen MR) is 165 cm³/mol. The van der Waals surface area contributed by atoms with Gasteiger partial charge in [-0.05, 0) is 68.6 Å². The van der Waals surface area contributed by atoms with E-state index in [4.69, 9.17) is 14.2 Å². The molecule has 0 spiro atoms. The fraction of sp³-hybridized carbons (Fsp3) is 0.500. The molecule has 0 saturated heterocycles. The third kappa shape index (κ3) is 10.6. The quantitative estimate of drug-likeness (QED) is 0.0673. The van der Waals surface area contributed by atoms with E-state index in [2.05, 4.69) is 20.3 Å². The SMILES string of the molecule is CCCCOc1c(C(=O)Oc2ccccc2)c(C)c(F)c(Br)c1N(CC/C=N/[S@+]([O-])CCCC)C(=O)OC(C)(C)C. The van der Waals surface area contributed by atoms with Crippen molar-refractivity contribution in [3.05, 3.63) is 51.7 Å². The van der Waals surface area contributed by atoms with E-state index in [1.165, 1.54) is 18.0 Å². The van der Waals surface area contributed by atoms with Crippen LogP contribution in [0.3, 0.4) is 0 Å². The molecule has 0 aliphatic heterocycles. The zero-order chi connectivity index (χ0) is 30.6. The van der Waals surface area contributed by atoms with E-state index >= 15 is 4.39 Å². The Bertz CT molecular complexity index is 1190. The Kier molecular flexibility index (Phi) is 14.1. The van der Waals surface area contributed by atoms with Gasteiger partial charge in [0.25, 0.3) is 0 Å². The topological polar surface area (TPSA) is 100 Å². The van der Waals surface area contributed by atoms with Gasteiger partial charge in [-0.2, -0.15) is 0 Å². The summed E-state index contributed by atoms with van der Waals surface area (Å²) in [7, 11) is 0. The monoisotopic (exact) mass is 654 g/mol. The fourth-order valence-corrected chi connectivity index (χ4v) is 5.22. The summed E-state index contributed by atoms with van der Waals surface area (Å²) in [4.78, 5) is 28.2. The van der Waals surface area contributed by atoms with Gasteiger partial charge in [-0.3, -0.25) is 4.90 Å². The first-order valence-corrected chi connectivity index (χ1v) is 15.8. The largest absolute Gasteiger partial charge is 0.591 e. The first-order valence-electron chi connectivity index (χ1n) is 13.7. The number of anilines is 1. The smallest absolute Gasteiger partial charge is 0.414 e. The van der Waals surface area contributed by atoms with Gasteiger partial charge in [-0.25, -0.2) is 14.0 Å². The Labute approximate surface area is 254 Å². The molecule has 0 saturated carbocycles. The summed E-state index contributed by atoms with van der Waals surface area (Å²) >= 11 is 1.94. The van der Waals surface area contributed by atoms with Gasteiger partial charge in [0.1, 0.15) is 34.2 Å². The average molecular weight is 656 g/mol. The molecule has 2 rings (SSSR count). The summed E-state index contributed by atoms with van der Waals surface area (Å²) in [5, 5.41) is 0. The summed E-state index contributed by atoms with van der Waals surface area (Å²) in [5.41, 5.74) is -0.994. The van der Waals surface area contributed by atoms with Gasteiger partial charge in [-0.1, -0.05) is 49.3 Å². The highest BCUT2D eigenvalue weighted by atomic mass is 79.9. The van der Waals surface area contributed by atoms with Crippen LogP contribution < -0.4 is 14.4 Å². The lowest BCUT2D eigenvalue weighted by Gasteiger charge is -2.30. The maximum absolute atomic E-state index is 15.7. The lowest BCUT2D eigenvalue weighted by Crippen LogP contribution is -2.38. The maximum Gasteiger partial charge on any atom is 0.414 e. The van der Waals surface area contributed by atoms with E-state index < -0.39 is 34.8 Å². The van der Waals surface area contributed by atoms with Crippen molar-refractivity contribution in [1.29, 1.82) is 0 Å². The van der Waals surface area contributed by atoms with Crippen LogP contribution in [0.4, 0.5) is 14.9 Å². The summed E-state index contributed by atoms with van der Waals surface area (Å²) < 4.78 is 49.2. The number of unbranched alkanes of at least 4 members (excludes halogenated alkanes) is 2. The van der Waals surface area contributed by atoms with Crippen LogP contribution in [0.15, 0.2) is 39.2 Å². The van der Waals surface area contributed by atoms with Crippen LogP contribution in [0.5, 0.6) is 11.5 Å². The number of para-hydroxylation sites is 1. The van der Waals surface area contributed by atoms with Crippen LogP contribution in [0.2, 0.25) is 0 Å². The highest BCUT2D eigenvalue weighted by molar-refractivity contribution is 9.10. The molecule has 2 aromatic rings. The maximum atomic E-state index is 15.7. The number of ether oxygens (including phenoxy) is 3. The van der Waals surface area contributed by atoms with Gasteiger partial charge < -0.3 is 18.8 Å². The molecular formula is C30H40BrFN2O6S. The number of benzene rings is 2. The first kappa shape index (κ1) is 34.6. The second-order valence-corrected chi connectivity index (χ2v) is 12.4. The van der Waals surface area contributed by atoms with Gasteiger partial charge in [-0.15, -0.1) is 0 Å². The van der Waals surface area contributed by atoms with Crippen LogP contribution in [0.25, 0.3) is 0 Å². The molecule has 0 N–H and O–H groups in total. The van der Waals surface area contributed by atoms with Crippen LogP contribution in [0, 0.1) is 12.7 Å². The number of hydrogen-bond acceptors (Lipinski definition) is 7. The highest BCUT2D eigenvalue weighted by Gasteiger charge is 2.34. The zero-order valence-corrected chi connectivity index (χ0v) is 27.0. The zero-order valence-electron chi connectivity index (χ0n) is 24.6. The van der Waals surface area contributed by atoms with Crippen LogP contribution in [-0.2, 0) is 16.1 Å². The normalized spacial score (nSPS) is 12.3. The number of amides is 1. The molecule has 0 radical (unpaired) electrons. The van der Waals surface area contributed by atoms with E-state index in [-0.39, 0.29) is 52.4 Å². The van der Waals surface area contributed by atoms with E-state index in [9.17, 15) is 14.1 Å². The average Bonchev–Trinajstić information content (AvgIpc) is 2.91. The molecule has 1 atom stereocenters. The number of carbonyl (C=O) groups excluding carboxylic acids is 2. The number of hydrogen-bond donors (Lipinski definition) is 0. The molecule has 0 bridgehead atoms. The minimum Gasteiger partial charge on any atom is -0.591 e. The number of nitrogens with zero attached hydrogens (tertiary/aromatic N) is 2. The Hall–Kier alpha value is -2.63. The number of halogens is 2. The third-order valence-electron chi connectivity index (χ3n) is 5.68. The highest BCUT2D eigenvalue weighted by Crippen LogP contribution is 2.44. The van der Waals surface area contributed by atoms with Crippen LogP contribution >= 0.6 is 15.9 Å². The number of esters is 1. The third-order valence-corrected chi connectivity index (χ3v) is 7.43. The molecule has 0 aliphatic carbocycles. The summed E-state index contributed by atoms with van der Waals surface area (Å²) in [6, 6.07) is 8.42. The molecule has 0 unspecified atom stereocenters. The second-order valence-electron chi connectivity index (χ2n) is 10.3. The van der Waals surface area contributed by atoms with E-state index in [0.717, 1.165) is 19.3 Å². The van der Waals surface area contributed by atoms with E-state index in [0.29, 0.717) is 12.2 Å². The Morgan fingerprint density at radius 1 is 1.15 bits per heavy atom. The lowest BCUT2D eigenvalue weighted by molar-refractivity contribution is 0.0578. The molecule has 0 heterocycles. The van der Waals surface area contributed by atoms with Gasteiger partial charge >= 0.3 is 12.1 Å². The number of rotatable bonds is 14. The molecule has 0 fully saturated rings. The molecule has 1 amide bonds. The van der Waals surface area contributed by atoms with E-state index in [1.54, 1.807) is 51.1 Å². The molecule has 0 aliphatic rings. The molecular weight excluding hydrogens is 615 g/mol. The van der Waals surface area contributed by atoms with E-state index in [1.807, 2.05) is 13.8 Å². The fourth-order valence-electron chi connectivity index (χ4n) is 3.61. The lowest BCUT2D eigenvalue weighted by atomic mass is 10.0. The molecule has 11 heteroatoms. The predicted octanol–water partition coefficient (Wildman–Crippen LogP) is 7.96. The molecule has 2 aromatic carbocycles. The molecule has 8 nitrogen and oxygen atoms in total. The van der Waals surface area contributed by atoms with Crippen molar-refractivity contribution < 1.29 is 32.7 Å². The van der Waals surface area contributed by atoms with Crippen molar-refractivity contribution in [2.75, 3.05) is 23.8 Å². The minimum atomic E-state index is -1.38. The molecule has 226 valence electrons. The van der Waals surface area contributed by atoms with Crippen LogP contribution in [-0.4, -0.2) is 47.3 Å². The standard InChI is InChI=1S/C30H40BrFN2O6S/c1-7-9-19-38-27-23(28(35)39-22-15-12-11-13-16-22)21(3)25(32)24(31)26(27)34(29(36)40-30(4,5)6)18-14-17-33-41(37)20-10-8-2/h11-13,15-17H,7-10,14,18-20H2,1-6H3/b33-17+/t41-/m1/s1. The van der Waals surface area contributed by atoms with Crippen molar-refractivity contribution in [2.45, 2.75) is 79.2 Å². The van der Waals surface area contributed by atoms with Crippen LogP contribution in [0.1, 0.15) is 82.6 Å². The van der Waals surface area contributed by atoms with Crippen molar-refractivity contribution in [3.8, 4) is 11.5 Å². The Balaban J connectivity index is 2.64. The summed E-state index contributed by atoms with van der Waals surface area (Å²) in [5.74, 6) is -0.854. The Morgan fingerprint density at radius 3 is 2.41 bits per heavy atom. The van der Waals surface area contributed by atoms with Crippen molar-refractivity contribution >= 4 is 51.3 Å². The molecule has 41 heavy (non-hydrogen) atoms. The van der Waals surface area contributed by atoms with Crippen molar-refractivity contribution in [1.82, 2.24) is 0 Å². The summed E-state index contributed by atoms with van der Waals surface area (Å²) in [6.07, 6.45) is 4.04. The molecule has 0 aromatic heterocycles. The summed E-state index contributed by atoms with van der Waals surface area (Å²) in [6.45, 7) is 10.8.